The lowest BCUT2D eigenvalue weighted by molar-refractivity contribution is 0.146. The molecule has 0 radical (unpaired) electrons. The summed E-state index contributed by atoms with van der Waals surface area (Å²) in [7, 11) is 3.56. The third-order valence-corrected chi connectivity index (χ3v) is 3.57. The van der Waals surface area contributed by atoms with E-state index in [0.717, 1.165) is 21.5 Å². The molecule has 4 nitrogen and oxygen atoms in total. The molecule has 108 valence electrons. The molecule has 0 aliphatic carbocycles. The van der Waals surface area contributed by atoms with E-state index in [0.29, 0.717) is 13.2 Å². The third kappa shape index (κ3) is 3.62. The second-order valence-electron chi connectivity index (χ2n) is 4.27. The number of methoxy groups -OCH3 is 1. The van der Waals surface area contributed by atoms with Crippen molar-refractivity contribution >= 4 is 15.9 Å². The Bertz CT molecular complexity index is 528. The molecule has 0 fully saturated rings. The van der Waals surface area contributed by atoms with Gasteiger partial charge in [0.25, 0.3) is 0 Å². The Morgan fingerprint density at radius 2 is 2.15 bits per heavy atom. The van der Waals surface area contributed by atoms with Gasteiger partial charge in [0.15, 0.2) is 0 Å². The molecule has 1 aromatic heterocycles. The zero-order valence-corrected chi connectivity index (χ0v) is 13.1. The van der Waals surface area contributed by atoms with Gasteiger partial charge in [-0.1, -0.05) is 6.07 Å². The highest BCUT2D eigenvalue weighted by atomic mass is 79.9. The van der Waals surface area contributed by atoms with E-state index in [2.05, 4.69) is 21.2 Å². The summed E-state index contributed by atoms with van der Waals surface area (Å²) < 4.78 is 17.0. The molecule has 0 saturated carbocycles. The fourth-order valence-electron chi connectivity index (χ4n) is 1.98. The molecular formula is C15H18BrNO3. The third-order valence-electron chi connectivity index (χ3n) is 2.95. The molecule has 0 saturated heterocycles. The lowest BCUT2D eigenvalue weighted by Gasteiger charge is -2.16. The van der Waals surface area contributed by atoms with E-state index in [1.807, 2.05) is 37.4 Å². The average Bonchev–Trinajstić information content (AvgIpc) is 2.96. The van der Waals surface area contributed by atoms with Gasteiger partial charge in [-0.15, -0.1) is 0 Å². The quantitative estimate of drug-likeness (QED) is 0.785. The van der Waals surface area contributed by atoms with Crippen LogP contribution in [-0.4, -0.2) is 27.4 Å². The first-order chi connectivity index (χ1) is 9.76. The van der Waals surface area contributed by atoms with Crippen LogP contribution in [0, 0.1) is 0 Å². The van der Waals surface area contributed by atoms with E-state index >= 15 is 0 Å². The van der Waals surface area contributed by atoms with Gasteiger partial charge in [-0.2, -0.15) is 0 Å². The minimum absolute atomic E-state index is 0.0225. The molecular weight excluding hydrogens is 322 g/mol. The highest BCUT2D eigenvalue weighted by Gasteiger charge is 2.16. The zero-order chi connectivity index (χ0) is 14.4. The van der Waals surface area contributed by atoms with Crippen molar-refractivity contribution in [2.75, 3.05) is 27.4 Å². The predicted molar refractivity (Wildman–Crippen MR) is 81.1 cm³/mol. The van der Waals surface area contributed by atoms with Crippen molar-refractivity contribution in [1.29, 1.82) is 0 Å². The number of hydrogen-bond acceptors (Lipinski definition) is 4. The van der Waals surface area contributed by atoms with Crippen molar-refractivity contribution in [3.8, 4) is 5.75 Å². The zero-order valence-electron chi connectivity index (χ0n) is 11.6. The van der Waals surface area contributed by atoms with Gasteiger partial charge < -0.3 is 19.2 Å². The number of hydrogen-bond donors (Lipinski definition) is 1. The highest BCUT2D eigenvalue weighted by Crippen LogP contribution is 2.30. The molecule has 0 aliphatic rings. The maximum Gasteiger partial charge on any atom is 0.133 e. The molecule has 2 rings (SSSR count). The van der Waals surface area contributed by atoms with E-state index in [9.17, 15) is 0 Å². The predicted octanol–water partition coefficient (Wildman–Crippen LogP) is 3.38. The van der Waals surface area contributed by atoms with E-state index in [1.165, 1.54) is 0 Å². The number of ether oxygens (including phenoxy) is 2. The van der Waals surface area contributed by atoms with Crippen LogP contribution in [0.2, 0.25) is 0 Å². The van der Waals surface area contributed by atoms with Crippen molar-refractivity contribution in [3.05, 3.63) is 52.4 Å². The van der Waals surface area contributed by atoms with Gasteiger partial charge in [0, 0.05) is 7.11 Å². The summed E-state index contributed by atoms with van der Waals surface area (Å²) in [6, 6.07) is 9.87. The molecule has 0 spiro atoms. The van der Waals surface area contributed by atoms with Crippen LogP contribution >= 0.6 is 15.9 Å². The minimum atomic E-state index is 0.0225. The van der Waals surface area contributed by atoms with Crippen molar-refractivity contribution in [2.45, 2.75) is 6.04 Å². The first kappa shape index (κ1) is 15.1. The first-order valence-electron chi connectivity index (χ1n) is 6.38. The maximum absolute atomic E-state index is 5.62. The molecule has 0 bridgehead atoms. The number of halogens is 1. The Balaban J connectivity index is 2.15. The first-order valence-corrected chi connectivity index (χ1v) is 7.17. The van der Waals surface area contributed by atoms with Crippen LogP contribution in [0.25, 0.3) is 0 Å². The second kappa shape index (κ2) is 7.47. The summed E-state index contributed by atoms with van der Waals surface area (Å²) in [4.78, 5) is 0. The summed E-state index contributed by atoms with van der Waals surface area (Å²) >= 11 is 3.54. The molecule has 2 aromatic rings. The molecule has 1 heterocycles. The van der Waals surface area contributed by atoms with Crippen LogP contribution in [0.4, 0.5) is 0 Å². The summed E-state index contributed by atoms with van der Waals surface area (Å²) in [5.41, 5.74) is 1.11. The molecule has 1 unspecified atom stereocenters. The molecule has 5 heteroatoms. The molecule has 1 N–H and O–H groups in total. The monoisotopic (exact) mass is 339 g/mol. The van der Waals surface area contributed by atoms with Gasteiger partial charge in [0.05, 0.1) is 23.4 Å². The molecule has 1 aromatic carbocycles. The van der Waals surface area contributed by atoms with Crippen molar-refractivity contribution < 1.29 is 13.9 Å². The highest BCUT2D eigenvalue weighted by molar-refractivity contribution is 9.10. The van der Waals surface area contributed by atoms with Crippen molar-refractivity contribution in [1.82, 2.24) is 5.32 Å². The lowest BCUT2D eigenvalue weighted by atomic mass is 10.0. The van der Waals surface area contributed by atoms with Gasteiger partial charge in [-0.05, 0) is 52.8 Å². The Kier molecular flexibility index (Phi) is 5.64. The van der Waals surface area contributed by atoms with Crippen LogP contribution < -0.4 is 10.1 Å². The number of rotatable bonds is 7. The molecule has 1 atom stereocenters. The van der Waals surface area contributed by atoms with E-state index in [4.69, 9.17) is 13.9 Å². The maximum atomic E-state index is 5.62. The summed E-state index contributed by atoms with van der Waals surface area (Å²) in [6.07, 6.45) is 1.68. The molecule has 20 heavy (non-hydrogen) atoms. The Morgan fingerprint density at radius 1 is 1.30 bits per heavy atom. The van der Waals surface area contributed by atoms with E-state index in [1.54, 1.807) is 13.4 Å². The van der Waals surface area contributed by atoms with Gasteiger partial charge in [-0.25, -0.2) is 0 Å². The van der Waals surface area contributed by atoms with Crippen LogP contribution in [0.3, 0.4) is 0 Å². The standard InChI is InChI=1S/C15H18BrNO3/c1-17-15(14-4-3-7-19-14)11-5-6-13(12(16)10-11)20-9-8-18-2/h3-7,10,15,17H,8-9H2,1-2H3. The van der Waals surface area contributed by atoms with Crippen LogP contribution in [0.5, 0.6) is 5.75 Å². The molecule has 0 amide bonds. The smallest absolute Gasteiger partial charge is 0.133 e. The summed E-state index contributed by atoms with van der Waals surface area (Å²) in [5.74, 6) is 1.69. The van der Waals surface area contributed by atoms with Gasteiger partial charge in [0.1, 0.15) is 18.1 Å². The molecule has 0 aliphatic heterocycles. The van der Waals surface area contributed by atoms with E-state index in [-0.39, 0.29) is 6.04 Å². The van der Waals surface area contributed by atoms with E-state index < -0.39 is 0 Å². The Labute approximate surface area is 127 Å². The van der Waals surface area contributed by atoms with Crippen molar-refractivity contribution in [3.63, 3.8) is 0 Å². The fourth-order valence-corrected chi connectivity index (χ4v) is 2.49. The Morgan fingerprint density at radius 3 is 2.75 bits per heavy atom. The topological polar surface area (TPSA) is 43.6 Å². The van der Waals surface area contributed by atoms with Gasteiger partial charge in [-0.3, -0.25) is 0 Å². The summed E-state index contributed by atoms with van der Waals surface area (Å²) in [6.45, 7) is 1.10. The average molecular weight is 340 g/mol. The van der Waals surface area contributed by atoms with Crippen LogP contribution in [0.1, 0.15) is 17.4 Å². The normalized spacial score (nSPS) is 12.3. The second-order valence-corrected chi connectivity index (χ2v) is 5.12. The van der Waals surface area contributed by atoms with Crippen molar-refractivity contribution in [2.24, 2.45) is 0 Å². The fraction of sp³-hybridized carbons (Fsp3) is 0.333. The summed E-state index contributed by atoms with van der Waals surface area (Å²) in [5, 5.41) is 3.24. The minimum Gasteiger partial charge on any atom is -0.490 e. The number of benzene rings is 1. The number of furan rings is 1. The lowest BCUT2D eigenvalue weighted by Crippen LogP contribution is -2.17. The van der Waals surface area contributed by atoms with Crippen LogP contribution in [-0.2, 0) is 4.74 Å². The van der Waals surface area contributed by atoms with Gasteiger partial charge >= 0.3 is 0 Å². The van der Waals surface area contributed by atoms with Gasteiger partial charge in [0.2, 0.25) is 0 Å². The number of nitrogens with one attached hydrogen (secondary N) is 1. The Hall–Kier alpha value is -1.30. The largest absolute Gasteiger partial charge is 0.490 e. The SMILES string of the molecule is CNC(c1ccc(OCCOC)c(Br)c1)c1ccco1. The van der Waals surface area contributed by atoms with Crippen LogP contribution in [0.15, 0.2) is 45.5 Å².